The maximum Gasteiger partial charge on any atom is 0.412 e. The molecule has 0 unspecified atom stereocenters. The first-order chi connectivity index (χ1) is 11.3. The number of hydrogen-bond acceptors (Lipinski definition) is 4. The monoisotopic (exact) mass is 325 g/mol. The number of phenols is 1. The Morgan fingerprint density at radius 2 is 2.00 bits per heavy atom. The molecule has 0 saturated heterocycles. The highest BCUT2D eigenvalue weighted by atomic mass is 16.6. The lowest BCUT2D eigenvalue weighted by atomic mass is 10.1. The molecule has 3 aromatic rings. The van der Waals surface area contributed by atoms with Crippen LogP contribution in [0.2, 0.25) is 0 Å². The van der Waals surface area contributed by atoms with Gasteiger partial charge in [-0.25, -0.2) is 9.78 Å². The molecule has 124 valence electrons. The van der Waals surface area contributed by atoms with Gasteiger partial charge in [0.05, 0.1) is 11.4 Å². The number of aromatic hydroxyl groups is 1. The van der Waals surface area contributed by atoms with Crippen LogP contribution < -0.4 is 5.32 Å². The van der Waals surface area contributed by atoms with Gasteiger partial charge in [0.1, 0.15) is 17.0 Å². The molecule has 2 N–H and O–H groups in total. The Hall–Kier alpha value is -3.02. The minimum atomic E-state index is -0.550. The summed E-state index contributed by atoms with van der Waals surface area (Å²) >= 11 is 0. The third-order valence-corrected chi connectivity index (χ3v) is 3.24. The van der Waals surface area contributed by atoms with Gasteiger partial charge >= 0.3 is 6.09 Å². The van der Waals surface area contributed by atoms with Gasteiger partial charge in [-0.3, -0.25) is 5.32 Å². The molecular formula is C18H19N3O3. The van der Waals surface area contributed by atoms with E-state index in [1.807, 2.05) is 37.4 Å². The average Bonchev–Trinajstić information content (AvgIpc) is 2.88. The van der Waals surface area contributed by atoms with Crippen LogP contribution in [-0.4, -0.2) is 26.2 Å². The SMILES string of the molecule is CC(C)(C)OC(=O)Nc1ccc2nc(-c3cccc(O)c3)cn2c1. The van der Waals surface area contributed by atoms with Gasteiger partial charge in [-0.05, 0) is 45.0 Å². The van der Waals surface area contributed by atoms with Gasteiger partial charge in [0.25, 0.3) is 0 Å². The minimum Gasteiger partial charge on any atom is -0.508 e. The fourth-order valence-corrected chi connectivity index (χ4v) is 2.29. The summed E-state index contributed by atoms with van der Waals surface area (Å²) in [5.41, 5.74) is 2.35. The first-order valence-corrected chi connectivity index (χ1v) is 7.58. The number of amides is 1. The van der Waals surface area contributed by atoms with Crippen LogP contribution in [0.25, 0.3) is 16.9 Å². The molecule has 1 amide bonds. The number of ether oxygens (including phenoxy) is 1. The van der Waals surface area contributed by atoms with Crippen LogP contribution in [-0.2, 0) is 4.74 Å². The van der Waals surface area contributed by atoms with Gasteiger partial charge in [0, 0.05) is 18.0 Å². The molecule has 2 aromatic heterocycles. The molecule has 0 radical (unpaired) electrons. The summed E-state index contributed by atoms with van der Waals surface area (Å²) in [6, 6.07) is 10.5. The number of hydrogen-bond donors (Lipinski definition) is 2. The highest BCUT2D eigenvalue weighted by Crippen LogP contribution is 2.23. The largest absolute Gasteiger partial charge is 0.508 e. The van der Waals surface area contributed by atoms with E-state index in [1.54, 1.807) is 36.5 Å². The number of aromatic nitrogens is 2. The average molecular weight is 325 g/mol. The maximum absolute atomic E-state index is 11.8. The van der Waals surface area contributed by atoms with E-state index in [0.29, 0.717) is 5.69 Å². The molecule has 3 rings (SSSR count). The van der Waals surface area contributed by atoms with Crippen molar-refractivity contribution in [3.05, 3.63) is 48.8 Å². The molecule has 6 nitrogen and oxygen atoms in total. The second-order valence-corrected chi connectivity index (χ2v) is 6.49. The van der Waals surface area contributed by atoms with Crippen molar-refractivity contribution >= 4 is 17.4 Å². The quantitative estimate of drug-likeness (QED) is 0.745. The summed E-state index contributed by atoms with van der Waals surface area (Å²) in [6.45, 7) is 5.44. The normalized spacial score (nSPS) is 11.5. The molecular weight excluding hydrogens is 306 g/mol. The maximum atomic E-state index is 11.8. The van der Waals surface area contributed by atoms with Crippen molar-refractivity contribution in [2.75, 3.05) is 5.32 Å². The lowest BCUT2D eigenvalue weighted by Gasteiger charge is -2.19. The third kappa shape index (κ3) is 3.65. The highest BCUT2D eigenvalue weighted by Gasteiger charge is 2.16. The Balaban J connectivity index is 1.85. The van der Waals surface area contributed by atoms with Crippen LogP contribution in [0.3, 0.4) is 0 Å². The number of nitrogens with one attached hydrogen (secondary N) is 1. The molecule has 1 aromatic carbocycles. The predicted molar refractivity (Wildman–Crippen MR) is 92.1 cm³/mol. The summed E-state index contributed by atoms with van der Waals surface area (Å²) in [7, 11) is 0. The summed E-state index contributed by atoms with van der Waals surface area (Å²) in [4.78, 5) is 16.4. The number of nitrogens with zero attached hydrogens (tertiary/aromatic N) is 2. The Morgan fingerprint density at radius 1 is 1.21 bits per heavy atom. The van der Waals surface area contributed by atoms with Crippen molar-refractivity contribution in [2.24, 2.45) is 0 Å². The molecule has 0 aliphatic carbocycles. The van der Waals surface area contributed by atoms with Crippen molar-refractivity contribution < 1.29 is 14.6 Å². The molecule has 0 aliphatic rings. The molecule has 6 heteroatoms. The van der Waals surface area contributed by atoms with E-state index in [2.05, 4.69) is 10.3 Å². The fourth-order valence-electron chi connectivity index (χ4n) is 2.29. The minimum absolute atomic E-state index is 0.192. The number of carbonyl (C=O) groups is 1. The van der Waals surface area contributed by atoms with Gasteiger partial charge in [-0.1, -0.05) is 12.1 Å². The third-order valence-electron chi connectivity index (χ3n) is 3.24. The Labute approximate surface area is 139 Å². The first-order valence-electron chi connectivity index (χ1n) is 7.58. The van der Waals surface area contributed by atoms with E-state index in [-0.39, 0.29) is 5.75 Å². The lowest BCUT2D eigenvalue weighted by molar-refractivity contribution is 0.0636. The summed E-state index contributed by atoms with van der Waals surface area (Å²) in [5, 5.41) is 12.3. The van der Waals surface area contributed by atoms with Crippen LogP contribution in [0.1, 0.15) is 20.8 Å². The van der Waals surface area contributed by atoms with E-state index >= 15 is 0 Å². The predicted octanol–water partition coefficient (Wildman–Crippen LogP) is 4.05. The molecule has 0 fully saturated rings. The molecule has 2 heterocycles. The van der Waals surface area contributed by atoms with Crippen molar-refractivity contribution in [2.45, 2.75) is 26.4 Å². The van der Waals surface area contributed by atoms with Crippen molar-refractivity contribution in [1.29, 1.82) is 0 Å². The molecule has 0 bridgehead atoms. The zero-order valence-corrected chi connectivity index (χ0v) is 13.8. The fraction of sp³-hybridized carbons (Fsp3) is 0.222. The van der Waals surface area contributed by atoms with Gasteiger partial charge in [-0.15, -0.1) is 0 Å². The number of imidazole rings is 1. The van der Waals surface area contributed by atoms with E-state index < -0.39 is 11.7 Å². The van der Waals surface area contributed by atoms with Gasteiger partial charge in [0.15, 0.2) is 0 Å². The van der Waals surface area contributed by atoms with E-state index in [1.165, 1.54) is 0 Å². The number of anilines is 1. The highest BCUT2D eigenvalue weighted by molar-refractivity contribution is 5.85. The number of rotatable bonds is 2. The topological polar surface area (TPSA) is 75.9 Å². The Kier molecular flexibility index (Phi) is 3.89. The number of fused-ring (bicyclic) bond motifs is 1. The smallest absolute Gasteiger partial charge is 0.412 e. The van der Waals surface area contributed by atoms with Crippen LogP contribution in [0.5, 0.6) is 5.75 Å². The first kappa shape index (κ1) is 15.9. The summed E-state index contributed by atoms with van der Waals surface area (Å²) < 4.78 is 7.05. The van der Waals surface area contributed by atoms with Crippen molar-refractivity contribution in [3.8, 4) is 17.0 Å². The second kappa shape index (κ2) is 5.88. The molecule has 0 aliphatic heterocycles. The molecule has 0 saturated carbocycles. The van der Waals surface area contributed by atoms with Gasteiger partial charge < -0.3 is 14.2 Å². The number of phenolic OH excluding ortho intramolecular Hbond substituents is 1. The van der Waals surface area contributed by atoms with E-state index in [4.69, 9.17) is 4.74 Å². The van der Waals surface area contributed by atoms with Crippen LogP contribution >= 0.6 is 0 Å². The lowest BCUT2D eigenvalue weighted by Crippen LogP contribution is -2.27. The molecule has 0 spiro atoms. The molecule has 0 atom stereocenters. The van der Waals surface area contributed by atoms with Crippen molar-refractivity contribution in [3.63, 3.8) is 0 Å². The Bertz CT molecular complexity index is 894. The zero-order valence-electron chi connectivity index (χ0n) is 13.8. The zero-order chi connectivity index (χ0) is 17.3. The second-order valence-electron chi connectivity index (χ2n) is 6.49. The Morgan fingerprint density at radius 3 is 2.71 bits per heavy atom. The number of pyridine rings is 1. The number of carbonyl (C=O) groups excluding carboxylic acids is 1. The van der Waals surface area contributed by atoms with Crippen LogP contribution in [0.15, 0.2) is 48.8 Å². The standard InChI is InChI=1S/C18H19N3O3/c1-18(2,3)24-17(23)19-13-7-8-16-20-15(11-21(16)10-13)12-5-4-6-14(22)9-12/h4-11,22H,1-3H3,(H,19,23). The van der Waals surface area contributed by atoms with Crippen LogP contribution in [0, 0.1) is 0 Å². The number of benzene rings is 1. The van der Waals surface area contributed by atoms with E-state index in [9.17, 15) is 9.90 Å². The summed E-state index contributed by atoms with van der Waals surface area (Å²) in [5.74, 6) is 0.192. The van der Waals surface area contributed by atoms with E-state index in [0.717, 1.165) is 16.9 Å². The van der Waals surface area contributed by atoms with Crippen LogP contribution in [0.4, 0.5) is 10.5 Å². The molecule has 24 heavy (non-hydrogen) atoms. The van der Waals surface area contributed by atoms with Gasteiger partial charge in [0.2, 0.25) is 0 Å². The van der Waals surface area contributed by atoms with Crippen molar-refractivity contribution in [1.82, 2.24) is 9.38 Å². The summed E-state index contributed by atoms with van der Waals surface area (Å²) in [6.07, 6.45) is 3.10. The van der Waals surface area contributed by atoms with Gasteiger partial charge in [-0.2, -0.15) is 0 Å².